The third kappa shape index (κ3) is 4.25. The molecule has 0 spiro atoms. The topological polar surface area (TPSA) is 15.3 Å². The molecule has 17 heavy (non-hydrogen) atoms. The molecule has 0 aliphatic carbocycles. The summed E-state index contributed by atoms with van der Waals surface area (Å²) in [6.45, 7) is 4.85. The van der Waals surface area contributed by atoms with Gasteiger partial charge >= 0.3 is 0 Å². The molecule has 0 aromatic heterocycles. The van der Waals surface area contributed by atoms with Crippen molar-refractivity contribution < 1.29 is 0 Å². The van der Waals surface area contributed by atoms with Gasteiger partial charge in [-0.1, -0.05) is 18.6 Å². The summed E-state index contributed by atoms with van der Waals surface area (Å²) < 4.78 is 0. The summed E-state index contributed by atoms with van der Waals surface area (Å²) in [6.07, 6.45) is 5.39. The van der Waals surface area contributed by atoms with Crippen LogP contribution in [0.5, 0.6) is 0 Å². The summed E-state index contributed by atoms with van der Waals surface area (Å²) in [6, 6.07) is 8.17. The quantitative estimate of drug-likeness (QED) is 0.616. The first kappa shape index (κ1) is 12.8. The first-order valence-electron chi connectivity index (χ1n) is 6.60. The minimum absolute atomic E-state index is 1.03. The molecule has 1 N–H and O–H groups in total. The zero-order valence-corrected chi connectivity index (χ0v) is 11.3. The van der Waals surface area contributed by atoms with E-state index in [1.54, 1.807) is 0 Å². The number of likely N-dealkylation sites (tertiary alicyclic amines) is 1. The number of hydrogen-bond acceptors (Lipinski definition) is 3. The van der Waals surface area contributed by atoms with Crippen molar-refractivity contribution in [3.05, 3.63) is 24.3 Å². The summed E-state index contributed by atoms with van der Waals surface area (Å²) in [7, 11) is 0. The minimum Gasteiger partial charge on any atom is -0.384 e. The Morgan fingerprint density at radius 3 is 2.65 bits per heavy atom. The molecular weight excluding hydrogens is 228 g/mol. The molecule has 1 aliphatic rings. The van der Waals surface area contributed by atoms with Crippen molar-refractivity contribution in [2.24, 2.45) is 0 Å². The molecule has 0 unspecified atom stereocenters. The van der Waals surface area contributed by atoms with Crippen LogP contribution in [0.15, 0.2) is 29.2 Å². The molecule has 1 aromatic rings. The largest absolute Gasteiger partial charge is 0.384 e. The fourth-order valence-electron chi connectivity index (χ4n) is 2.33. The highest BCUT2D eigenvalue weighted by Crippen LogP contribution is 2.18. The number of nitrogens with zero attached hydrogens (tertiary/aromatic N) is 1. The second-order valence-electron chi connectivity index (χ2n) is 4.70. The van der Waals surface area contributed by atoms with Gasteiger partial charge in [0.25, 0.3) is 0 Å². The third-order valence-corrected chi connectivity index (χ3v) is 3.71. The van der Waals surface area contributed by atoms with E-state index < -0.39 is 0 Å². The van der Waals surface area contributed by atoms with Crippen LogP contribution < -0.4 is 5.32 Å². The van der Waals surface area contributed by atoms with Crippen LogP contribution in [-0.4, -0.2) is 31.1 Å². The average Bonchev–Trinajstić information content (AvgIpc) is 2.38. The summed E-state index contributed by atoms with van der Waals surface area (Å²) in [5.41, 5.74) is 1.15. The van der Waals surface area contributed by atoms with E-state index in [1.165, 1.54) is 45.3 Å². The normalized spacial score (nSPS) is 17.0. The molecule has 1 saturated heterocycles. The Hall–Kier alpha value is -0.670. The number of hydrogen-bond donors (Lipinski definition) is 2. The molecule has 1 aliphatic heterocycles. The Morgan fingerprint density at radius 2 is 1.88 bits per heavy atom. The Kier molecular flexibility index (Phi) is 5.20. The molecule has 0 amide bonds. The maximum Gasteiger partial charge on any atom is 0.0475 e. The van der Waals surface area contributed by atoms with Crippen molar-refractivity contribution in [2.45, 2.75) is 30.6 Å². The van der Waals surface area contributed by atoms with Crippen LogP contribution in [0.4, 0.5) is 5.69 Å². The zero-order chi connectivity index (χ0) is 11.9. The fourth-order valence-corrected chi connectivity index (χ4v) is 2.57. The van der Waals surface area contributed by atoms with E-state index in [0.717, 1.165) is 17.1 Å². The summed E-state index contributed by atoms with van der Waals surface area (Å²) in [5.74, 6) is 0. The molecule has 0 atom stereocenters. The highest BCUT2D eigenvalue weighted by Gasteiger charge is 2.08. The van der Waals surface area contributed by atoms with Crippen molar-refractivity contribution >= 4 is 18.3 Å². The second kappa shape index (κ2) is 6.92. The van der Waals surface area contributed by atoms with E-state index in [0.29, 0.717) is 0 Å². The Bertz CT molecular complexity index is 335. The summed E-state index contributed by atoms with van der Waals surface area (Å²) >= 11 is 4.43. The molecule has 2 rings (SSSR count). The molecule has 1 fully saturated rings. The maximum absolute atomic E-state index is 4.43. The molecule has 3 heteroatoms. The third-order valence-electron chi connectivity index (χ3n) is 3.32. The number of anilines is 1. The highest BCUT2D eigenvalue weighted by molar-refractivity contribution is 7.80. The Labute approximate surface area is 110 Å². The second-order valence-corrected chi connectivity index (χ2v) is 5.18. The van der Waals surface area contributed by atoms with Gasteiger partial charge in [0.05, 0.1) is 0 Å². The van der Waals surface area contributed by atoms with Gasteiger partial charge in [-0.3, -0.25) is 0 Å². The summed E-state index contributed by atoms with van der Waals surface area (Å²) in [5, 5.41) is 3.45. The summed E-state index contributed by atoms with van der Waals surface area (Å²) in [4.78, 5) is 3.61. The highest BCUT2D eigenvalue weighted by atomic mass is 32.1. The van der Waals surface area contributed by atoms with Crippen LogP contribution in [-0.2, 0) is 0 Å². The predicted octanol–water partition coefficient (Wildman–Crippen LogP) is 3.26. The predicted molar refractivity (Wildman–Crippen MR) is 77.1 cm³/mol. The van der Waals surface area contributed by atoms with Gasteiger partial charge in [-0.2, -0.15) is 0 Å². The van der Waals surface area contributed by atoms with E-state index in [1.807, 2.05) is 18.2 Å². The Balaban J connectivity index is 1.64. The van der Waals surface area contributed by atoms with Crippen LogP contribution in [0, 0.1) is 0 Å². The van der Waals surface area contributed by atoms with Crippen molar-refractivity contribution in [3.63, 3.8) is 0 Å². The van der Waals surface area contributed by atoms with Gasteiger partial charge in [0.2, 0.25) is 0 Å². The lowest BCUT2D eigenvalue weighted by Gasteiger charge is -2.26. The number of rotatable bonds is 5. The number of para-hydroxylation sites is 1. The van der Waals surface area contributed by atoms with E-state index in [9.17, 15) is 0 Å². The van der Waals surface area contributed by atoms with Crippen LogP contribution in [0.3, 0.4) is 0 Å². The molecule has 1 aromatic carbocycles. The smallest absolute Gasteiger partial charge is 0.0475 e. The minimum atomic E-state index is 1.03. The maximum atomic E-state index is 4.43. The van der Waals surface area contributed by atoms with Gasteiger partial charge in [-0.25, -0.2) is 0 Å². The van der Waals surface area contributed by atoms with Crippen LogP contribution >= 0.6 is 12.6 Å². The van der Waals surface area contributed by atoms with Gasteiger partial charge in [0, 0.05) is 17.1 Å². The van der Waals surface area contributed by atoms with E-state index in [-0.39, 0.29) is 0 Å². The van der Waals surface area contributed by atoms with Crippen LogP contribution in [0.1, 0.15) is 25.7 Å². The van der Waals surface area contributed by atoms with Gasteiger partial charge in [-0.05, 0) is 51.0 Å². The molecule has 0 saturated carbocycles. The Morgan fingerprint density at radius 1 is 1.12 bits per heavy atom. The molecule has 0 radical (unpaired) electrons. The van der Waals surface area contributed by atoms with Gasteiger partial charge in [-0.15, -0.1) is 12.6 Å². The average molecular weight is 250 g/mol. The lowest BCUT2D eigenvalue weighted by Crippen LogP contribution is -2.31. The molecule has 2 nitrogen and oxygen atoms in total. The van der Waals surface area contributed by atoms with Crippen LogP contribution in [0.25, 0.3) is 0 Å². The van der Waals surface area contributed by atoms with E-state index >= 15 is 0 Å². The van der Waals surface area contributed by atoms with Crippen molar-refractivity contribution in [1.82, 2.24) is 4.90 Å². The zero-order valence-electron chi connectivity index (χ0n) is 10.4. The van der Waals surface area contributed by atoms with E-state index in [2.05, 4.69) is 28.9 Å². The fraction of sp³-hybridized carbons (Fsp3) is 0.571. The molecular formula is C14H22N2S. The van der Waals surface area contributed by atoms with Gasteiger partial charge in [0.15, 0.2) is 0 Å². The van der Waals surface area contributed by atoms with Crippen molar-refractivity contribution in [2.75, 3.05) is 31.5 Å². The number of benzene rings is 1. The molecule has 0 bridgehead atoms. The first-order valence-corrected chi connectivity index (χ1v) is 7.05. The van der Waals surface area contributed by atoms with Gasteiger partial charge in [0.1, 0.15) is 0 Å². The standard InChI is InChI=1S/C14H22N2S/c17-14-8-3-2-7-13(14)15-9-6-12-16-10-4-1-5-11-16/h2-3,7-8,15,17H,1,4-6,9-12H2. The number of thiol groups is 1. The lowest BCUT2D eigenvalue weighted by atomic mass is 10.1. The monoisotopic (exact) mass is 250 g/mol. The SMILES string of the molecule is Sc1ccccc1NCCCN1CCCCC1. The molecule has 94 valence electrons. The first-order chi connectivity index (χ1) is 8.36. The van der Waals surface area contributed by atoms with Crippen molar-refractivity contribution in [1.29, 1.82) is 0 Å². The number of piperidine rings is 1. The van der Waals surface area contributed by atoms with Gasteiger partial charge < -0.3 is 10.2 Å². The van der Waals surface area contributed by atoms with Crippen LogP contribution in [0.2, 0.25) is 0 Å². The lowest BCUT2D eigenvalue weighted by molar-refractivity contribution is 0.228. The van der Waals surface area contributed by atoms with Crippen molar-refractivity contribution in [3.8, 4) is 0 Å². The van der Waals surface area contributed by atoms with E-state index in [4.69, 9.17) is 0 Å². The number of nitrogens with one attached hydrogen (secondary N) is 1. The molecule has 1 heterocycles.